The molecule has 0 aliphatic rings. The fourth-order valence-corrected chi connectivity index (χ4v) is 0.964. The van der Waals surface area contributed by atoms with Crippen LogP contribution >= 0.6 is 0 Å². The molecule has 62 valence electrons. The second-order valence-corrected chi connectivity index (χ2v) is 2.65. The van der Waals surface area contributed by atoms with Gasteiger partial charge in [0.1, 0.15) is 0 Å². The molecule has 0 saturated carbocycles. The second-order valence-electron chi connectivity index (χ2n) is 2.65. The van der Waals surface area contributed by atoms with Crippen molar-refractivity contribution in [1.82, 2.24) is 0 Å². The predicted molar refractivity (Wildman–Crippen MR) is 47.2 cm³/mol. The predicted octanol–water partition coefficient (Wildman–Crippen LogP) is 2.89. The van der Waals surface area contributed by atoms with Gasteiger partial charge in [0.05, 0.1) is 0 Å². The van der Waals surface area contributed by atoms with Gasteiger partial charge in [-0.2, -0.15) is 0 Å². The highest BCUT2D eigenvalue weighted by atomic mass is 16.1. The molecule has 0 aromatic carbocycles. The van der Waals surface area contributed by atoms with E-state index in [1.807, 2.05) is 0 Å². The molecule has 1 nitrogen and oxygen atoms in total. The van der Waals surface area contributed by atoms with Crippen molar-refractivity contribution in [3.63, 3.8) is 0 Å². The fraction of sp³-hybridized carbons (Fsp3) is 0.700. The number of rotatable bonds is 6. The van der Waals surface area contributed by atoms with Gasteiger partial charge in [-0.15, -0.1) is 0 Å². The van der Waals surface area contributed by atoms with Crippen LogP contribution < -0.4 is 0 Å². The zero-order chi connectivity index (χ0) is 8.36. The second kappa shape index (κ2) is 9.23. The molecule has 0 N–H and O–H groups in total. The van der Waals surface area contributed by atoms with Crippen molar-refractivity contribution < 1.29 is 4.79 Å². The van der Waals surface area contributed by atoms with Crippen molar-refractivity contribution in [2.75, 3.05) is 0 Å². The Kier molecular flexibility index (Phi) is 8.58. The third-order valence-corrected chi connectivity index (χ3v) is 1.61. The van der Waals surface area contributed by atoms with Crippen LogP contribution in [0.1, 0.15) is 45.4 Å². The highest BCUT2D eigenvalue weighted by molar-refractivity contribution is 5.43. The lowest BCUT2D eigenvalue weighted by Gasteiger charge is -1.94. The minimum atomic E-state index is 0.971. The summed E-state index contributed by atoms with van der Waals surface area (Å²) in [7, 11) is 0. The lowest BCUT2D eigenvalue weighted by molar-refractivity contribution is 0.569. The molecule has 0 aromatic heterocycles. The highest BCUT2D eigenvalue weighted by Crippen LogP contribution is 2.04. The molecule has 0 aliphatic heterocycles. The van der Waals surface area contributed by atoms with Crippen LogP contribution in [-0.4, -0.2) is 5.94 Å². The molecule has 0 atom stereocenters. The molecule has 0 spiro atoms. The van der Waals surface area contributed by atoms with Crippen molar-refractivity contribution in [3.8, 4) is 0 Å². The van der Waals surface area contributed by atoms with Gasteiger partial charge < -0.3 is 0 Å². The van der Waals surface area contributed by atoms with Crippen molar-refractivity contribution in [2.24, 2.45) is 0 Å². The van der Waals surface area contributed by atoms with E-state index in [4.69, 9.17) is 0 Å². The van der Waals surface area contributed by atoms with E-state index in [-0.39, 0.29) is 0 Å². The molecular formula is C10H16O. The molecule has 0 amide bonds. The molecule has 0 heterocycles. The van der Waals surface area contributed by atoms with E-state index in [1.54, 1.807) is 12.0 Å². The molecule has 11 heavy (non-hydrogen) atoms. The van der Waals surface area contributed by atoms with Gasteiger partial charge in [-0.25, -0.2) is 4.79 Å². The van der Waals surface area contributed by atoms with Gasteiger partial charge in [0.25, 0.3) is 0 Å². The van der Waals surface area contributed by atoms with E-state index >= 15 is 0 Å². The standard InChI is InChI=1S/C10H16O/c1-2-3-4-5-6-7-8-9-10-11/h8H,2-7H2,1H3. The van der Waals surface area contributed by atoms with Gasteiger partial charge in [-0.3, -0.25) is 0 Å². The third-order valence-electron chi connectivity index (χ3n) is 1.61. The van der Waals surface area contributed by atoms with Crippen LogP contribution in [0.5, 0.6) is 0 Å². The summed E-state index contributed by atoms with van der Waals surface area (Å²) in [6.45, 7) is 2.20. The highest BCUT2D eigenvalue weighted by Gasteiger charge is 1.85. The van der Waals surface area contributed by atoms with Gasteiger partial charge in [0.15, 0.2) is 5.94 Å². The van der Waals surface area contributed by atoms with Crippen LogP contribution in [0, 0.1) is 0 Å². The molecule has 0 radical (unpaired) electrons. The summed E-state index contributed by atoms with van der Waals surface area (Å²) in [4.78, 5) is 9.67. The number of allylic oxidation sites excluding steroid dienone is 1. The van der Waals surface area contributed by atoms with Crippen molar-refractivity contribution in [3.05, 3.63) is 11.8 Å². The quantitative estimate of drug-likeness (QED) is 0.325. The Labute approximate surface area is 68.8 Å². The summed E-state index contributed by atoms with van der Waals surface area (Å²) in [6.07, 6.45) is 9.10. The number of carbonyl (C=O) groups excluding carboxylic acids is 1. The van der Waals surface area contributed by atoms with Crippen molar-refractivity contribution in [2.45, 2.75) is 45.4 Å². The topological polar surface area (TPSA) is 17.1 Å². The summed E-state index contributed by atoms with van der Waals surface area (Å²) in [5.41, 5.74) is 2.41. The number of hydrogen-bond acceptors (Lipinski definition) is 1. The Morgan fingerprint density at radius 3 is 2.55 bits per heavy atom. The van der Waals surface area contributed by atoms with Gasteiger partial charge >= 0.3 is 0 Å². The molecule has 0 bridgehead atoms. The minimum Gasteiger partial charge on any atom is -0.224 e. The molecule has 0 aromatic rings. The van der Waals surface area contributed by atoms with Crippen LogP contribution in [-0.2, 0) is 4.79 Å². The Morgan fingerprint density at radius 2 is 1.91 bits per heavy atom. The summed E-state index contributed by atoms with van der Waals surface area (Å²) in [5, 5.41) is 0. The van der Waals surface area contributed by atoms with Crippen LogP contribution in [0.2, 0.25) is 0 Å². The van der Waals surface area contributed by atoms with E-state index in [0.29, 0.717) is 0 Å². The van der Waals surface area contributed by atoms with Gasteiger partial charge in [-0.1, -0.05) is 32.6 Å². The molecule has 0 unspecified atom stereocenters. The van der Waals surface area contributed by atoms with E-state index < -0.39 is 0 Å². The molecule has 1 heteroatoms. The number of hydrogen-bond donors (Lipinski definition) is 0. The van der Waals surface area contributed by atoms with Crippen LogP contribution in [0.3, 0.4) is 0 Å². The van der Waals surface area contributed by atoms with Crippen molar-refractivity contribution >= 4 is 5.94 Å². The number of unbranched alkanes of at least 4 members (excludes halogenated alkanes) is 5. The summed E-state index contributed by atoms with van der Waals surface area (Å²) in [6, 6.07) is 0. The average molecular weight is 152 g/mol. The third kappa shape index (κ3) is 9.23. The Hall–Kier alpha value is -0.770. The molecular weight excluding hydrogens is 136 g/mol. The maximum absolute atomic E-state index is 9.67. The molecule has 0 saturated heterocycles. The van der Waals surface area contributed by atoms with Crippen LogP contribution in [0.15, 0.2) is 11.8 Å². The van der Waals surface area contributed by atoms with Crippen LogP contribution in [0.4, 0.5) is 0 Å². The zero-order valence-corrected chi connectivity index (χ0v) is 7.23. The van der Waals surface area contributed by atoms with Gasteiger partial charge in [-0.05, 0) is 24.6 Å². The van der Waals surface area contributed by atoms with E-state index in [0.717, 1.165) is 6.42 Å². The average Bonchev–Trinajstić information content (AvgIpc) is 2.03. The zero-order valence-electron chi connectivity index (χ0n) is 7.23. The normalized spacial score (nSPS) is 8.45. The summed E-state index contributed by atoms with van der Waals surface area (Å²) >= 11 is 0. The first-order chi connectivity index (χ1) is 5.41. The Balaban J connectivity index is 3.02. The van der Waals surface area contributed by atoms with Crippen LogP contribution in [0.25, 0.3) is 0 Å². The first-order valence-electron chi connectivity index (χ1n) is 4.36. The minimum absolute atomic E-state index is 0.971. The van der Waals surface area contributed by atoms with Gasteiger partial charge in [0.2, 0.25) is 0 Å². The first kappa shape index (κ1) is 10.2. The lowest BCUT2D eigenvalue weighted by Crippen LogP contribution is -1.75. The van der Waals surface area contributed by atoms with E-state index in [9.17, 15) is 4.79 Å². The van der Waals surface area contributed by atoms with E-state index in [1.165, 1.54) is 32.1 Å². The smallest absolute Gasteiger partial charge is 0.176 e. The van der Waals surface area contributed by atoms with Gasteiger partial charge in [0, 0.05) is 0 Å². The Bertz CT molecular complexity index is 148. The van der Waals surface area contributed by atoms with E-state index in [2.05, 4.69) is 12.7 Å². The molecule has 0 fully saturated rings. The summed E-state index contributed by atoms with van der Waals surface area (Å²) < 4.78 is 0. The molecule has 0 rings (SSSR count). The maximum atomic E-state index is 9.67. The SMILES string of the molecule is CCCCCCCC=C=C=O. The first-order valence-corrected chi connectivity index (χ1v) is 4.36. The fourth-order valence-electron chi connectivity index (χ4n) is 0.964. The summed E-state index contributed by atoms with van der Waals surface area (Å²) in [5.74, 6) is 1.61. The lowest BCUT2D eigenvalue weighted by atomic mass is 10.1. The maximum Gasteiger partial charge on any atom is 0.176 e. The monoisotopic (exact) mass is 152 g/mol. The largest absolute Gasteiger partial charge is 0.224 e. The molecule has 0 aliphatic carbocycles. The van der Waals surface area contributed by atoms with Crippen molar-refractivity contribution in [1.29, 1.82) is 0 Å². The Morgan fingerprint density at radius 1 is 1.18 bits per heavy atom.